The van der Waals surface area contributed by atoms with Gasteiger partial charge in [0.25, 0.3) is 0 Å². The highest BCUT2D eigenvalue weighted by Crippen LogP contribution is 2.39. The fraction of sp³-hybridized carbons (Fsp3) is 0.261. The van der Waals surface area contributed by atoms with E-state index in [-0.39, 0.29) is 36.7 Å². The summed E-state index contributed by atoms with van der Waals surface area (Å²) in [6.07, 6.45) is 0. The smallest absolute Gasteiger partial charge is 0.357 e. The summed E-state index contributed by atoms with van der Waals surface area (Å²) in [5.74, 6) is -1.69. The minimum atomic E-state index is -0.703. The average molecular weight is 423 g/mol. The highest BCUT2D eigenvalue weighted by Gasteiger charge is 2.28. The van der Waals surface area contributed by atoms with Crippen molar-refractivity contribution in [3.8, 4) is 17.2 Å². The molecular weight excluding hydrogens is 401 g/mol. The van der Waals surface area contributed by atoms with Gasteiger partial charge in [0, 0.05) is 10.9 Å². The van der Waals surface area contributed by atoms with E-state index in [0.717, 1.165) is 0 Å². The van der Waals surface area contributed by atoms with Gasteiger partial charge in [-0.25, -0.2) is 9.18 Å². The van der Waals surface area contributed by atoms with Crippen LogP contribution >= 0.6 is 0 Å². The topological polar surface area (TPSA) is 107 Å². The standard InChI is InChI=1S/C23H22FN3O4/c1-4-30-18(28)12-27-21-16(20(26)22(27)23(29)31-5-2)10-13(3)19(17(21)11-25)14-6-8-15(24)9-7-14/h6-10H,4-5,12,26H2,1-3H3. The number of benzene rings is 2. The van der Waals surface area contributed by atoms with Gasteiger partial charge in [-0.15, -0.1) is 0 Å². The maximum atomic E-state index is 13.4. The molecule has 160 valence electrons. The average Bonchev–Trinajstić information content (AvgIpc) is 2.99. The number of carbonyl (C=O) groups is 2. The summed E-state index contributed by atoms with van der Waals surface area (Å²) in [5, 5.41) is 10.5. The van der Waals surface area contributed by atoms with Gasteiger partial charge >= 0.3 is 11.9 Å². The predicted molar refractivity (Wildman–Crippen MR) is 114 cm³/mol. The summed E-state index contributed by atoms with van der Waals surface area (Å²) >= 11 is 0. The highest BCUT2D eigenvalue weighted by molar-refractivity contribution is 6.10. The van der Waals surface area contributed by atoms with E-state index in [1.807, 2.05) is 0 Å². The zero-order valence-electron chi connectivity index (χ0n) is 17.5. The van der Waals surface area contributed by atoms with Crippen LogP contribution in [0.25, 0.3) is 22.0 Å². The van der Waals surface area contributed by atoms with Crippen LogP contribution in [0.15, 0.2) is 30.3 Å². The van der Waals surface area contributed by atoms with Gasteiger partial charge in [0.2, 0.25) is 0 Å². The molecule has 0 bridgehead atoms. The Bertz CT molecular complexity index is 1210. The van der Waals surface area contributed by atoms with Crippen molar-refractivity contribution in [2.75, 3.05) is 18.9 Å². The second kappa shape index (κ2) is 8.88. The lowest BCUT2D eigenvalue weighted by Gasteiger charge is -2.14. The van der Waals surface area contributed by atoms with Crippen LogP contribution in [0.5, 0.6) is 0 Å². The number of carbonyl (C=O) groups excluding carboxylic acids is 2. The number of esters is 2. The lowest BCUT2D eigenvalue weighted by Crippen LogP contribution is -2.20. The Morgan fingerprint density at radius 3 is 2.39 bits per heavy atom. The van der Waals surface area contributed by atoms with Crippen LogP contribution in [-0.4, -0.2) is 29.7 Å². The summed E-state index contributed by atoms with van der Waals surface area (Å²) in [5.41, 5.74) is 8.82. The van der Waals surface area contributed by atoms with Gasteiger partial charge < -0.3 is 19.8 Å². The van der Waals surface area contributed by atoms with E-state index < -0.39 is 17.8 Å². The quantitative estimate of drug-likeness (QED) is 0.602. The number of halogens is 1. The fourth-order valence-electron chi connectivity index (χ4n) is 3.69. The van der Waals surface area contributed by atoms with Crippen LogP contribution in [-0.2, 0) is 20.8 Å². The first-order valence-corrected chi connectivity index (χ1v) is 9.78. The monoisotopic (exact) mass is 423 g/mol. The Morgan fingerprint density at radius 1 is 1.16 bits per heavy atom. The van der Waals surface area contributed by atoms with Crippen LogP contribution in [0, 0.1) is 24.1 Å². The number of nitrogen functional groups attached to an aromatic ring is 1. The van der Waals surface area contributed by atoms with E-state index in [0.29, 0.717) is 27.6 Å². The molecule has 0 unspecified atom stereocenters. The fourth-order valence-corrected chi connectivity index (χ4v) is 3.69. The molecule has 0 saturated heterocycles. The number of nitrogens with two attached hydrogens (primary N) is 1. The number of fused-ring (bicyclic) bond motifs is 1. The van der Waals surface area contributed by atoms with Gasteiger partial charge in [-0.05, 0) is 50.1 Å². The number of rotatable bonds is 6. The second-order valence-electron chi connectivity index (χ2n) is 6.83. The summed E-state index contributed by atoms with van der Waals surface area (Å²) < 4.78 is 25.0. The molecule has 2 aromatic carbocycles. The minimum Gasteiger partial charge on any atom is -0.465 e. The molecule has 0 spiro atoms. The minimum absolute atomic E-state index is 0.0166. The highest BCUT2D eigenvalue weighted by atomic mass is 19.1. The Balaban J connectivity index is 2.40. The number of aromatic nitrogens is 1. The van der Waals surface area contributed by atoms with Crippen LogP contribution in [0.1, 0.15) is 35.5 Å². The molecule has 3 aromatic rings. The van der Waals surface area contributed by atoms with Crippen molar-refractivity contribution in [2.24, 2.45) is 0 Å². The van der Waals surface area contributed by atoms with E-state index in [1.165, 1.54) is 16.7 Å². The first kappa shape index (κ1) is 21.8. The van der Waals surface area contributed by atoms with Crippen LogP contribution in [0.3, 0.4) is 0 Å². The van der Waals surface area contributed by atoms with E-state index in [2.05, 4.69) is 6.07 Å². The largest absolute Gasteiger partial charge is 0.465 e. The van der Waals surface area contributed by atoms with Crippen molar-refractivity contribution in [1.82, 2.24) is 4.57 Å². The molecule has 8 heteroatoms. The molecule has 0 atom stereocenters. The Labute approximate surface area is 178 Å². The molecule has 2 N–H and O–H groups in total. The number of aryl methyl sites for hydroxylation is 1. The van der Waals surface area contributed by atoms with E-state index >= 15 is 0 Å². The van der Waals surface area contributed by atoms with Crippen molar-refractivity contribution in [1.29, 1.82) is 5.26 Å². The predicted octanol–water partition coefficient (Wildman–Crippen LogP) is 3.95. The first-order valence-electron chi connectivity index (χ1n) is 9.78. The molecular formula is C23H22FN3O4. The molecule has 0 aliphatic rings. The molecule has 31 heavy (non-hydrogen) atoms. The first-order chi connectivity index (χ1) is 14.8. The summed E-state index contributed by atoms with van der Waals surface area (Å²) in [6, 6.07) is 9.66. The second-order valence-corrected chi connectivity index (χ2v) is 6.83. The third-order valence-electron chi connectivity index (χ3n) is 4.89. The van der Waals surface area contributed by atoms with Crippen molar-refractivity contribution in [3.05, 3.63) is 53.0 Å². The molecule has 0 fully saturated rings. The molecule has 0 radical (unpaired) electrons. The Hall–Kier alpha value is -3.86. The third-order valence-corrected chi connectivity index (χ3v) is 4.89. The zero-order chi connectivity index (χ0) is 22.7. The molecule has 0 aliphatic heterocycles. The molecule has 0 saturated carbocycles. The maximum absolute atomic E-state index is 13.4. The zero-order valence-corrected chi connectivity index (χ0v) is 17.5. The van der Waals surface area contributed by atoms with Crippen molar-refractivity contribution in [3.63, 3.8) is 0 Å². The number of anilines is 1. The van der Waals surface area contributed by atoms with Crippen molar-refractivity contribution in [2.45, 2.75) is 27.3 Å². The van der Waals surface area contributed by atoms with E-state index in [9.17, 15) is 19.2 Å². The summed E-state index contributed by atoms with van der Waals surface area (Å²) in [6.45, 7) is 5.08. The molecule has 3 rings (SSSR count). The van der Waals surface area contributed by atoms with Gasteiger partial charge in [-0.2, -0.15) is 5.26 Å². The molecule has 1 aromatic heterocycles. The molecule has 7 nitrogen and oxygen atoms in total. The molecule has 0 amide bonds. The third kappa shape index (κ3) is 3.94. The van der Waals surface area contributed by atoms with Crippen LogP contribution in [0.4, 0.5) is 10.1 Å². The number of nitrogens with zero attached hydrogens (tertiary/aromatic N) is 2. The van der Waals surface area contributed by atoms with Gasteiger partial charge in [0.15, 0.2) is 5.69 Å². The molecule has 0 aliphatic carbocycles. The Kier molecular flexibility index (Phi) is 6.25. The van der Waals surface area contributed by atoms with Crippen molar-refractivity contribution >= 4 is 28.5 Å². The van der Waals surface area contributed by atoms with E-state index in [1.54, 1.807) is 39.0 Å². The summed E-state index contributed by atoms with van der Waals surface area (Å²) in [4.78, 5) is 25.0. The SMILES string of the molecule is CCOC(=O)Cn1c(C(=O)OCC)c(N)c2cc(C)c(-c3ccc(F)cc3)c(C#N)c21. The van der Waals surface area contributed by atoms with Crippen LogP contribution < -0.4 is 5.73 Å². The van der Waals surface area contributed by atoms with Crippen molar-refractivity contribution < 1.29 is 23.5 Å². The lowest BCUT2D eigenvalue weighted by molar-refractivity contribution is -0.143. The Morgan fingerprint density at radius 2 is 1.81 bits per heavy atom. The van der Waals surface area contributed by atoms with Gasteiger partial charge in [-0.3, -0.25) is 4.79 Å². The number of nitriles is 1. The van der Waals surface area contributed by atoms with E-state index in [4.69, 9.17) is 15.2 Å². The number of hydrogen-bond donors (Lipinski definition) is 1. The normalized spacial score (nSPS) is 10.7. The molecule has 1 heterocycles. The van der Waals surface area contributed by atoms with Gasteiger partial charge in [0.1, 0.15) is 18.4 Å². The van der Waals surface area contributed by atoms with Gasteiger partial charge in [0.05, 0.1) is 30.0 Å². The van der Waals surface area contributed by atoms with Gasteiger partial charge in [-0.1, -0.05) is 12.1 Å². The lowest BCUT2D eigenvalue weighted by atomic mass is 9.93. The maximum Gasteiger partial charge on any atom is 0.357 e. The number of ether oxygens (including phenoxy) is 2. The summed E-state index contributed by atoms with van der Waals surface area (Å²) in [7, 11) is 0. The van der Waals surface area contributed by atoms with Crippen LogP contribution in [0.2, 0.25) is 0 Å². The number of hydrogen-bond acceptors (Lipinski definition) is 6.